The smallest absolute Gasteiger partial charge is 0.336 e. The summed E-state index contributed by atoms with van der Waals surface area (Å²) in [7, 11) is 0. The average Bonchev–Trinajstić information content (AvgIpc) is 3.29. The second kappa shape index (κ2) is 10.9. The van der Waals surface area contributed by atoms with E-state index in [9.17, 15) is 32.8 Å². The van der Waals surface area contributed by atoms with E-state index >= 15 is 0 Å². The Labute approximate surface area is 218 Å². The summed E-state index contributed by atoms with van der Waals surface area (Å²) in [4.78, 5) is 48.7. The van der Waals surface area contributed by atoms with Crippen LogP contribution in [0.1, 0.15) is 52.6 Å². The summed E-state index contributed by atoms with van der Waals surface area (Å²) in [6.07, 6.45) is -0.178. The van der Waals surface area contributed by atoms with Gasteiger partial charge < -0.3 is 15.5 Å². The van der Waals surface area contributed by atoms with E-state index in [-0.39, 0.29) is 18.4 Å². The largest absolute Gasteiger partial charge is 0.471 e. The van der Waals surface area contributed by atoms with E-state index in [0.717, 1.165) is 0 Å². The maximum absolute atomic E-state index is 13.6. The lowest BCUT2D eigenvalue weighted by Crippen LogP contribution is -2.60. The number of hydrogen-bond donors (Lipinski definition) is 2. The Morgan fingerprint density at radius 3 is 2.42 bits per heavy atom. The first kappa shape index (κ1) is 28.8. The molecule has 2 aromatic rings. The molecule has 2 N–H and O–H groups in total. The number of likely N-dealkylation sites (tertiary alicyclic amines) is 1. The van der Waals surface area contributed by atoms with Crippen molar-refractivity contribution in [2.75, 3.05) is 6.54 Å². The Kier molecular flexibility index (Phi) is 8.29. The number of nitrogens with zero attached hydrogens (tertiary/aromatic N) is 4. The summed E-state index contributed by atoms with van der Waals surface area (Å²) in [6.45, 7) is 8.47. The molecule has 1 fully saturated rings. The number of hydrogen-bond acceptors (Lipinski definition) is 6. The highest BCUT2D eigenvalue weighted by Gasteiger charge is 2.49. The molecular formula is C26H31F3N6O3. The van der Waals surface area contributed by atoms with E-state index in [0.29, 0.717) is 22.9 Å². The van der Waals surface area contributed by atoms with Crippen molar-refractivity contribution in [3.05, 3.63) is 36.3 Å². The third-order valence-corrected chi connectivity index (χ3v) is 6.76. The van der Waals surface area contributed by atoms with Crippen LogP contribution in [0, 0.1) is 28.6 Å². The number of halogens is 3. The lowest BCUT2D eigenvalue weighted by Gasteiger charge is -2.37. The second-order valence-electron chi connectivity index (χ2n) is 10.8. The summed E-state index contributed by atoms with van der Waals surface area (Å²) >= 11 is 0. The Morgan fingerprint density at radius 2 is 1.84 bits per heavy atom. The minimum Gasteiger partial charge on any atom is -0.336 e. The van der Waals surface area contributed by atoms with Crippen LogP contribution in [0.5, 0.6) is 0 Å². The predicted molar refractivity (Wildman–Crippen MR) is 132 cm³/mol. The molecule has 9 nitrogen and oxygen atoms in total. The van der Waals surface area contributed by atoms with Gasteiger partial charge in [-0.05, 0) is 35.8 Å². The van der Waals surface area contributed by atoms with Crippen LogP contribution in [0.2, 0.25) is 0 Å². The molecule has 0 saturated carbocycles. The lowest BCUT2D eigenvalue weighted by molar-refractivity contribution is -0.176. The third kappa shape index (κ3) is 6.03. The molecular weight excluding hydrogens is 501 g/mol. The maximum atomic E-state index is 13.6. The van der Waals surface area contributed by atoms with Crippen molar-refractivity contribution in [3.8, 4) is 6.07 Å². The van der Waals surface area contributed by atoms with Gasteiger partial charge in [0.25, 0.3) is 0 Å². The number of pyridine rings is 2. The zero-order valence-electron chi connectivity index (χ0n) is 21.8. The fraction of sp³-hybridized carbons (Fsp3) is 0.538. The Bertz CT molecular complexity index is 1250. The Morgan fingerprint density at radius 1 is 1.16 bits per heavy atom. The number of aromatic nitrogens is 2. The van der Waals surface area contributed by atoms with Gasteiger partial charge in [0.15, 0.2) is 0 Å². The van der Waals surface area contributed by atoms with Crippen LogP contribution in [0.4, 0.5) is 13.2 Å². The normalized spacial score (nSPS) is 19.6. The van der Waals surface area contributed by atoms with Crippen LogP contribution in [0.3, 0.4) is 0 Å². The Hall–Kier alpha value is -3.75. The maximum Gasteiger partial charge on any atom is 0.471 e. The Balaban J connectivity index is 1.94. The van der Waals surface area contributed by atoms with Gasteiger partial charge in [-0.3, -0.25) is 24.4 Å². The highest BCUT2D eigenvalue weighted by atomic mass is 19.4. The standard InChI is InChI=1S/C26H31F3N6O3/c1-14(2)16-8-10-35(23(37)21(25(3,4)5)34-24(38)26(27,28)29)20(16)22(36)33-18(11-30)17-13-31-12-15-7-6-9-32-19(15)17/h6-7,9,12-14,16,18,20-21H,8,10H2,1-5H3,(H,33,36)(H,34,38)/t16-,18+,20+,21-/m1/s1. The van der Waals surface area contributed by atoms with Crippen molar-refractivity contribution in [2.24, 2.45) is 17.3 Å². The van der Waals surface area contributed by atoms with E-state index < -0.39 is 47.4 Å². The molecule has 1 aliphatic heterocycles. The first-order valence-corrected chi connectivity index (χ1v) is 12.2. The average molecular weight is 533 g/mol. The predicted octanol–water partition coefficient (Wildman–Crippen LogP) is 3.28. The van der Waals surface area contributed by atoms with Crippen molar-refractivity contribution >= 4 is 28.6 Å². The molecule has 38 heavy (non-hydrogen) atoms. The number of carbonyl (C=O) groups is 3. The molecule has 2 aromatic heterocycles. The first-order chi connectivity index (χ1) is 17.7. The minimum atomic E-state index is -5.17. The molecule has 0 unspecified atom stereocenters. The van der Waals surface area contributed by atoms with Gasteiger partial charge in [0, 0.05) is 36.1 Å². The molecule has 3 rings (SSSR count). The zero-order chi connectivity index (χ0) is 28.4. The molecule has 0 aromatic carbocycles. The number of alkyl halides is 3. The van der Waals surface area contributed by atoms with Crippen molar-refractivity contribution in [2.45, 2.75) is 65.3 Å². The monoisotopic (exact) mass is 532 g/mol. The SMILES string of the molecule is CC(C)[C@H]1CCN(C(=O)[C@@H](NC(=O)C(F)(F)F)C(C)(C)C)[C@@H]1C(=O)N[C@@H](C#N)c1cncc2cccnc12. The number of carbonyl (C=O) groups excluding carboxylic acids is 3. The molecule has 204 valence electrons. The first-order valence-electron chi connectivity index (χ1n) is 12.2. The highest BCUT2D eigenvalue weighted by Crippen LogP contribution is 2.34. The summed E-state index contributed by atoms with van der Waals surface area (Å²) < 4.78 is 39.1. The van der Waals surface area contributed by atoms with Crippen molar-refractivity contribution in [1.82, 2.24) is 25.5 Å². The highest BCUT2D eigenvalue weighted by molar-refractivity contribution is 5.94. The summed E-state index contributed by atoms with van der Waals surface area (Å²) in [6, 6.07) is 1.80. The van der Waals surface area contributed by atoms with Gasteiger partial charge in [-0.15, -0.1) is 0 Å². The van der Waals surface area contributed by atoms with E-state index in [1.54, 1.807) is 24.5 Å². The van der Waals surface area contributed by atoms with Gasteiger partial charge in [-0.2, -0.15) is 18.4 Å². The van der Waals surface area contributed by atoms with Gasteiger partial charge in [0.1, 0.15) is 18.1 Å². The van der Waals surface area contributed by atoms with Crippen molar-refractivity contribution in [1.29, 1.82) is 5.26 Å². The zero-order valence-corrected chi connectivity index (χ0v) is 21.8. The van der Waals surface area contributed by atoms with Crippen LogP contribution >= 0.6 is 0 Å². The van der Waals surface area contributed by atoms with Gasteiger partial charge in [-0.1, -0.05) is 34.6 Å². The number of nitriles is 1. The minimum absolute atomic E-state index is 0.0529. The van der Waals surface area contributed by atoms with Crippen molar-refractivity contribution < 1.29 is 27.6 Å². The van der Waals surface area contributed by atoms with E-state index in [4.69, 9.17) is 0 Å². The molecule has 3 heterocycles. The molecule has 0 radical (unpaired) electrons. The summed E-state index contributed by atoms with van der Waals surface area (Å²) in [5.41, 5.74) is -0.220. The van der Waals surface area contributed by atoms with E-state index in [1.807, 2.05) is 25.2 Å². The number of amides is 3. The van der Waals surface area contributed by atoms with Crippen LogP contribution in [0.25, 0.3) is 10.9 Å². The molecule has 0 aliphatic carbocycles. The lowest BCUT2D eigenvalue weighted by atomic mass is 9.84. The summed E-state index contributed by atoms with van der Waals surface area (Å²) in [5, 5.41) is 15.1. The molecule has 3 amide bonds. The molecule has 1 aliphatic rings. The van der Waals surface area contributed by atoms with E-state index in [2.05, 4.69) is 15.3 Å². The number of nitrogens with one attached hydrogen (secondary N) is 2. The van der Waals surface area contributed by atoms with Crippen molar-refractivity contribution in [3.63, 3.8) is 0 Å². The van der Waals surface area contributed by atoms with Crippen LogP contribution < -0.4 is 10.6 Å². The van der Waals surface area contributed by atoms with Crippen LogP contribution in [0.15, 0.2) is 30.7 Å². The molecule has 1 saturated heterocycles. The van der Waals surface area contributed by atoms with Crippen LogP contribution in [-0.2, 0) is 14.4 Å². The van der Waals surface area contributed by atoms with Gasteiger partial charge in [-0.25, -0.2) is 0 Å². The number of rotatable bonds is 6. The molecule has 4 atom stereocenters. The van der Waals surface area contributed by atoms with Crippen LogP contribution in [-0.4, -0.2) is 57.4 Å². The van der Waals surface area contributed by atoms with Gasteiger partial charge in [0.05, 0.1) is 11.6 Å². The fourth-order valence-electron chi connectivity index (χ4n) is 4.77. The number of fused-ring (bicyclic) bond motifs is 1. The topological polar surface area (TPSA) is 128 Å². The quantitative estimate of drug-likeness (QED) is 0.588. The molecule has 0 bridgehead atoms. The van der Waals surface area contributed by atoms with E-state index in [1.165, 1.54) is 31.9 Å². The third-order valence-electron chi connectivity index (χ3n) is 6.76. The van der Waals surface area contributed by atoms with Gasteiger partial charge in [0.2, 0.25) is 11.8 Å². The summed E-state index contributed by atoms with van der Waals surface area (Å²) in [5.74, 6) is -4.01. The fourth-order valence-corrected chi connectivity index (χ4v) is 4.77. The molecule has 0 spiro atoms. The second-order valence-corrected chi connectivity index (χ2v) is 10.8. The van der Waals surface area contributed by atoms with Gasteiger partial charge >= 0.3 is 12.1 Å². The molecule has 12 heteroatoms.